The van der Waals surface area contributed by atoms with E-state index in [2.05, 4.69) is 0 Å². The number of aliphatic carboxylic acids is 1. The third-order valence-electron chi connectivity index (χ3n) is 5.84. The lowest BCUT2D eigenvalue weighted by atomic mass is 9.87. The Balaban J connectivity index is 1.60. The van der Waals surface area contributed by atoms with Crippen molar-refractivity contribution in [3.8, 4) is 0 Å². The van der Waals surface area contributed by atoms with Crippen molar-refractivity contribution < 1.29 is 28.9 Å². The monoisotopic (exact) mass is 438 g/mol. The van der Waals surface area contributed by atoms with Crippen molar-refractivity contribution in [2.45, 2.75) is 63.1 Å². The molecule has 1 heterocycles. The maximum atomic E-state index is 14.4. The standard InChI is InChI=1S/C23H28F2O4S/c24-23(25)14-19(27)16(17(23)8-3-1-2-4-10-22(28)29)11-12-18(26)21-13-15-7-5-6-9-20(15)30-21/h5-7,9,11-13,16-19,26-27H,1-4,8,10,14H2,(H,28,29)/b12-11+/t16-,17-,18-,19-/m1/s1. The molecular formula is C23H28F2O4S. The molecule has 164 valence electrons. The first-order valence-corrected chi connectivity index (χ1v) is 11.2. The van der Waals surface area contributed by atoms with Gasteiger partial charge in [0.2, 0.25) is 0 Å². The van der Waals surface area contributed by atoms with Gasteiger partial charge in [-0.05, 0) is 30.4 Å². The summed E-state index contributed by atoms with van der Waals surface area (Å²) in [6, 6.07) is 9.66. The van der Waals surface area contributed by atoms with Crippen molar-refractivity contribution in [1.82, 2.24) is 0 Å². The van der Waals surface area contributed by atoms with Crippen LogP contribution in [0.3, 0.4) is 0 Å². The number of rotatable bonds is 10. The predicted molar refractivity (Wildman–Crippen MR) is 114 cm³/mol. The van der Waals surface area contributed by atoms with Gasteiger partial charge in [-0.2, -0.15) is 0 Å². The zero-order valence-electron chi connectivity index (χ0n) is 16.7. The van der Waals surface area contributed by atoms with Crippen molar-refractivity contribution in [1.29, 1.82) is 0 Å². The van der Waals surface area contributed by atoms with Crippen molar-refractivity contribution in [3.63, 3.8) is 0 Å². The molecule has 7 heteroatoms. The van der Waals surface area contributed by atoms with Crippen LogP contribution in [0.1, 0.15) is 55.9 Å². The zero-order chi connectivity index (χ0) is 21.7. The number of hydrogen-bond donors (Lipinski definition) is 3. The summed E-state index contributed by atoms with van der Waals surface area (Å²) in [5, 5.41) is 30.4. The van der Waals surface area contributed by atoms with Crippen LogP contribution >= 0.6 is 11.3 Å². The van der Waals surface area contributed by atoms with E-state index in [4.69, 9.17) is 5.11 Å². The molecule has 4 nitrogen and oxygen atoms in total. The van der Waals surface area contributed by atoms with Crippen LogP contribution in [0.2, 0.25) is 0 Å². The number of aliphatic hydroxyl groups is 2. The summed E-state index contributed by atoms with van der Waals surface area (Å²) in [6.45, 7) is 0. The number of fused-ring (bicyclic) bond motifs is 1. The molecular weight excluding hydrogens is 410 g/mol. The topological polar surface area (TPSA) is 77.8 Å². The van der Waals surface area contributed by atoms with Crippen LogP contribution in [0.25, 0.3) is 10.1 Å². The minimum Gasteiger partial charge on any atom is -0.481 e. The second-order valence-corrected chi connectivity index (χ2v) is 9.19. The Morgan fingerprint density at radius 1 is 1.23 bits per heavy atom. The lowest BCUT2D eigenvalue weighted by molar-refractivity contribution is -0.137. The van der Waals surface area contributed by atoms with Crippen molar-refractivity contribution in [2.24, 2.45) is 11.8 Å². The van der Waals surface area contributed by atoms with E-state index in [1.165, 1.54) is 17.4 Å². The van der Waals surface area contributed by atoms with Gasteiger partial charge in [-0.3, -0.25) is 4.79 Å². The molecule has 0 saturated heterocycles. The fourth-order valence-corrected chi connectivity index (χ4v) is 5.28. The van der Waals surface area contributed by atoms with Crippen molar-refractivity contribution >= 4 is 27.4 Å². The van der Waals surface area contributed by atoms with Crippen LogP contribution in [-0.4, -0.2) is 33.3 Å². The number of aliphatic hydroxyl groups excluding tert-OH is 2. The maximum Gasteiger partial charge on any atom is 0.303 e. The van der Waals surface area contributed by atoms with E-state index in [0.717, 1.165) is 15.0 Å². The molecule has 3 rings (SSSR count). The summed E-state index contributed by atoms with van der Waals surface area (Å²) in [4.78, 5) is 11.3. The van der Waals surface area contributed by atoms with Crippen LogP contribution in [0.15, 0.2) is 42.5 Å². The average molecular weight is 439 g/mol. The quantitative estimate of drug-likeness (QED) is 0.336. The third-order valence-corrected chi connectivity index (χ3v) is 7.03. The van der Waals surface area contributed by atoms with Gasteiger partial charge < -0.3 is 15.3 Å². The van der Waals surface area contributed by atoms with E-state index >= 15 is 0 Å². The largest absolute Gasteiger partial charge is 0.481 e. The molecule has 0 aliphatic heterocycles. The van der Waals surface area contributed by atoms with E-state index in [1.54, 1.807) is 6.08 Å². The lowest BCUT2D eigenvalue weighted by Gasteiger charge is -2.23. The summed E-state index contributed by atoms with van der Waals surface area (Å²) in [5.41, 5.74) is 0. The zero-order valence-corrected chi connectivity index (χ0v) is 17.5. The van der Waals surface area contributed by atoms with Crippen molar-refractivity contribution in [2.75, 3.05) is 0 Å². The number of benzene rings is 1. The number of halogens is 2. The number of carboxylic acid groups (broad SMARTS) is 1. The molecule has 0 radical (unpaired) electrons. The Hall–Kier alpha value is -1.83. The molecule has 0 bridgehead atoms. The van der Waals surface area contributed by atoms with Gasteiger partial charge in [-0.1, -0.05) is 49.6 Å². The van der Waals surface area contributed by atoms with E-state index in [-0.39, 0.29) is 12.8 Å². The number of thiophene rings is 1. The summed E-state index contributed by atoms with van der Waals surface area (Å²) >= 11 is 1.46. The number of carboxylic acids is 1. The number of unbranched alkanes of at least 4 members (excludes halogenated alkanes) is 3. The molecule has 1 fully saturated rings. The maximum absolute atomic E-state index is 14.4. The van der Waals surface area contributed by atoms with Crippen LogP contribution in [0.5, 0.6) is 0 Å². The Bertz CT molecular complexity index is 846. The van der Waals surface area contributed by atoms with Gasteiger partial charge in [0, 0.05) is 34.3 Å². The van der Waals surface area contributed by atoms with Crippen LogP contribution in [0.4, 0.5) is 8.78 Å². The first-order chi connectivity index (χ1) is 14.3. The highest BCUT2D eigenvalue weighted by atomic mass is 32.1. The normalized spacial score (nSPS) is 24.6. The highest BCUT2D eigenvalue weighted by molar-refractivity contribution is 7.19. The molecule has 30 heavy (non-hydrogen) atoms. The van der Waals surface area contributed by atoms with E-state index in [0.29, 0.717) is 25.7 Å². The summed E-state index contributed by atoms with van der Waals surface area (Å²) in [5.74, 6) is -5.47. The predicted octanol–water partition coefficient (Wildman–Crippen LogP) is 5.55. The van der Waals surface area contributed by atoms with Gasteiger partial charge in [0.05, 0.1) is 6.10 Å². The number of carbonyl (C=O) groups is 1. The molecule has 1 aliphatic carbocycles. The molecule has 3 N–H and O–H groups in total. The Morgan fingerprint density at radius 3 is 2.70 bits per heavy atom. The number of alkyl halides is 2. The first kappa shape index (κ1) is 22.8. The van der Waals surface area contributed by atoms with Gasteiger partial charge in [0.1, 0.15) is 6.10 Å². The summed E-state index contributed by atoms with van der Waals surface area (Å²) < 4.78 is 29.9. The fourth-order valence-electron chi connectivity index (χ4n) is 4.25. The van der Waals surface area contributed by atoms with E-state index in [9.17, 15) is 23.8 Å². The molecule has 1 saturated carbocycles. The molecule has 4 atom stereocenters. The Kier molecular flexibility index (Phi) is 7.60. The molecule has 1 aromatic carbocycles. The van der Waals surface area contributed by atoms with Gasteiger partial charge in [0.25, 0.3) is 5.92 Å². The van der Waals surface area contributed by atoms with E-state index < -0.39 is 42.4 Å². The van der Waals surface area contributed by atoms with Crippen LogP contribution in [-0.2, 0) is 4.79 Å². The smallest absolute Gasteiger partial charge is 0.303 e. The highest BCUT2D eigenvalue weighted by Gasteiger charge is 2.53. The Morgan fingerprint density at radius 2 is 1.97 bits per heavy atom. The molecule has 0 amide bonds. The lowest BCUT2D eigenvalue weighted by Crippen LogP contribution is -2.25. The van der Waals surface area contributed by atoms with Crippen LogP contribution in [0, 0.1) is 11.8 Å². The SMILES string of the molecule is O=C(O)CCCCCC[C@@H]1[C@@H](/C=C/[C@@H](O)c2cc3ccccc3s2)[C@H](O)CC1(F)F. The van der Waals surface area contributed by atoms with Gasteiger partial charge in [-0.25, -0.2) is 8.78 Å². The molecule has 1 aromatic heterocycles. The van der Waals surface area contributed by atoms with Gasteiger partial charge in [0.15, 0.2) is 0 Å². The molecule has 0 spiro atoms. The van der Waals surface area contributed by atoms with Gasteiger partial charge in [-0.15, -0.1) is 11.3 Å². The average Bonchev–Trinajstić information content (AvgIpc) is 3.20. The molecule has 0 unspecified atom stereocenters. The number of hydrogen-bond acceptors (Lipinski definition) is 4. The fraction of sp³-hybridized carbons (Fsp3) is 0.522. The Labute approximate surface area is 178 Å². The minimum absolute atomic E-state index is 0.0965. The minimum atomic E-state index is -2.95. The highest BCUT2D eigenvalue weighted by Crippen LogP contribution is 2.48. The van der Waals surface area contributed by atoms with Crippen LogP contribution < -0.4 is 0 Å². The third kappa shape index (κ3) is 5.65. The van der Waals surface area contributed by atoms with E-state index in [1.807, 2.05) is 30.3 Å². The second-order valence-electron chi connectivity index (χ2n) is 8.08. The van der Waals surface area contributed by atoms with Crippen molar-refractivity contribution in [3.05, 3.63) is 47.4 Å². The summed E-state index contributed by atoms with van der Waals surface area (Å²) in [6.07, 6.45) is 3.32. The van der Waals surface area contributed by atoms with Gasteiger partial charge >= 0.3 is 5.97 Å². The summed E-state index contributed by atoms with van der Waals surface area (Å²) in [7, 11) is 0. The first-order valence-electron chi connectivity index (χ1n) is 10.4. The second kappa shape index (κ2) is 9.98. The molecule has 1 aliphatic rings. The molecule has 2 aromatic rings.